The monoisotopic (exact) mass is 555 g/mol. The van der Waals surface area contributed by atoms with Crippen LogP contribution in [0.4, 0.5) is 5.82 Å². The molecule has 1 fully saturated rings. The highest BCUT2D eigenvalue weighted by molar-refractivity contribution is 7.23. The van der Waals surface area contributed by atoms with Gasteiger partial charge in [-0.05, 0) is 42.4 Å². The van der Waals surface area contributed by atoms with Crippen molar-refractivity contribution in [1.29, 1.82) is 0 Å². The van der Waals surface area contributed by atoms with Crippen LogP contribution in [0.3, 0.4) is 0 Å². The summed E-state index contributed by atoms with van der Waals surface area (Å²) in [7, 11) is 2.16. The van der Waals surface area contributed by atoms with Crippen LogP contribution in [0.15, 0.2) is 53.2 Å². The van der Waals surface area contributed by atoms with Gasteiger partial charge in [-0.15, -0.1) is 0 Å². The van der Waals surface area contributed by atoms with Gasteiger partial charge < -0.3 is 9.42 Å². The average molecular weight is 556 g/mol. The van der Waals surface area contributed by atoms with E-state index in [1.54, 1.807) is 11.3 Å². The number of hydrogen-bond donors (Lipinski definition) is 0. The third-order valence-electron chi connectivity index (χ3n) is 7.98. The lowest BCUT2D eigenvalue weighted by Gasteiger charge is -2.24. The number of Topliss-reactive ketones (excluding diaryl/α,β-unsaturated/α-hetero) is 1. The van der Waals surface area contributed by atoms with Gasteiger partial charge in [0.1, 0.15) is 22.2 Å². The Labute approximate surface area is 239 Å². The Hall–Kier alpha value is -3.52. The molecule has 7 nitrogen and oxygen atoms in total. The number of rotatable bonds is 10. The number of fused-ring (bicyclic) bond motifs is 3. The van der Waals surface area contributed by atoms with Gasteiger partial charge in [0.05, 0.1) is 23.3 Å². The van der Waals surface area contributed by atoms with Gasteiger partial charge in [-0.2, -0.15) is 0 Å². The predicted molar refractivity (Wildman–Crippen MR) is 161 cm³/mol. The third-order valence-corrected chi connectivity index (χ3v) is 8.94. The molecule has 40 heavy (non-hydrogen) atoms. The summed E-state index contributed by atoms with van der Waals surface area (Å²) in [5.74, 6) is 1.94. The van der Waals surface area contributed by atoms with Gasteiger partial charge in [-0.1, -0.05) is 74.9 Å². The van der Waals surface area contributed by atoms with Crippen molar-refractivity contribution in [1.82, 2.24) is 19.5 Å². The number of carbonyl (C=O) groups is 1. The molecule has 0 atom stereocenters. The highest BCUT2D eigenvalue weighted by atomic mass is 32.1. The summed E-state index contributed by atoms with van der Waals surface area (Å²) in [5.41, 5.74) is 5.06. The number of pyridine rings is 1. The molecule has 8 heteroatoms. The minimum atomic E-state index is -0.123. The lowest BCUT2D eigenvalue weighted by molar-refractivity contribution is -0.117. The Kier molecular flexibility index (Phi) is 6.77. The SMILES string of the molecule is CCCC1(CN(C)c2ccc3c(n2)sc2nc(-c4ccc(CC(=O)Cc5cc(C(C)(C)C)on5)cc4)cn23)CC1. The molecule has 6 rings (SSSR count). The fourth-order valence-electron chi connectivity index (χ4n) is 5.54. The molecule has 0 unspecified atom stereocenters. The summed E-state index contributed by atoms with van der Waals surface area (Å²) in [4.78, 5) is 26.8. The van der Waals surface area contributed by atoms with Gasteiger partial charge in [0.15, 0.2) is 4.96 Å². The molecule has 0 saturated heterocycles. The van der Waals surface area contributed by atoms with Gasteiger partial charge in [-0.3, -0.25) is 9.20 Å². The van der Waals surface area contributed by atoms with Crippen LogP contribution in [0.1, 0.15) is 70.4 Å². The lowest BCUT2D eigenvalue weighted by Crippen LogP contribution is -2.27. The highest BCUT2D eigenvalue weighted by Crippen LogP contribution is 2.50. The van der Waals surface area contributed by atoms with Crippen molar-refractivity contribution in [2.24, 2.45) is 5.41 Å². The molecule has 0 radical (unpaired) electrons. The average Bonchev–Trinajstić information content (AvgIpc) is 3.22. The second-order valence-corrected chi connectivity index (χ2v) is 13.5. The molecule has 1 saturated carbocycles. The molecule has 0 N–H and O–H groups in total. The lowest BCUT2D eigenvalue weighted by atomic mass is 9.93. The molecule has 1 aromatic carbocycles. The first-order valence-electron chi connectivity index (χ1n) is 14.2. The van der Waals surface area contributed by atoms with E-state index < -0.39 is 0 Å². The first kappa shape index (κ1) is 26.7. The van der Waals surface area contributed by atoms with E-state index in [0.29, 0.717) is 17.5 Å². The summed E-state index contributed by atoms with van der Waals surface area (Å²) in [6, 6.07) is 14.3. The number of carbonyl (C=O) groups excluding carboxylic acids is 1. The van der Waals surface area contributed by atoms with Crippen molar-refractivity contribution in [3.63, 3.8) is 0 Å². The minimum Gasteiger partial charge on any atom is -0.361 e. The zero-order valence-corrected chi connectivity index (χ0v) is 24.8. The van der Waals surface area contributed by atoms with Crippen LogP contribution in [-0.4, -0.2) is 38.9 Å². The van der Waals surface area contributed by atoms with E-state index >= 15 is 0 Å². The van der Waals surface area contributed by atoms with Gasteiger partial charge >= 0.3 is 0 Å². The maximum atomic E-state index is 12.7. The number of anilines is 1. The summed E-state index contributed by atoms with van der Waals surface area (Å²) in [6.07, 6.45) is 7.93. The Morgan fingerprint density at radius 2 is 1.88 bits per heavy atom. The molecule has 0 spiro atoms. The highest BCUT2D eigenvalue weighted by Gasteiger charge is 2.42. The molecule has 1 aliphatic rings. The van der Waals surface area contributed by atoms with Crippen LogP contribution in [0, 0.1) is 5.41 Å². The van der Waals surface area contributed by atoms with Crippen LogP contribution in [0.2, 0.25) is 0 Å². The van der Waals surface area contributed by atoms with Crippen LogP contribution in [0.5, 0.6) is 0 Å². The number of imidazole rings is 1. The minimum absolute atomic E-state index is 0.116. The molecular weight excluding hydrogens is 518 g/mol. The van der Waals surface area contributed by atoms with Crippen LogP contribution >= 0.6 is 11.3 Å². The quantitative estimate of drug-likeness (QED) is 0.180. The molecule has 4 heterocycles. The van der Waals surface area contributed by atoms with Crippen molar-refractivity contribution < 1.29 is 9.32 Å². The maximum absolute atomic E-state index is 12.7. The van der Waals surface area contributed by atoms with Crippen LogP contribution in [0.25, 0.3) is 26.6 Å². The van der Waals surface area contributed by atoms with Crippen molar-refractivity contribution in [3.05, 3.63) is 65.7 Å². The number of ketones is 1. The van der Waals surface area contributed by atoms with Crippen molar-refractivity contribution >= 4 is 38.2 Å². The van der Waals surface area contributed by atoms with Crippen LogP contribution < -0.4 is 4.90 Å². The van der Waals surface area contributed by atoms with Crippen LogP contribution in [-0.2, 0) is 23.1 Å². The molecule has 0 aliphatic heterocycles. The summed E-state index contributed by atoms with van der Waals surface area (Å²) in [5, 5.41) is 4.08. The zero-order chi connectivity index (χ0) is 28.1. The second-order valence-electron chi connectivity index (χ2n) is 12.5. The van der Waals surface area contributed by atoms with E-state index in [4.69, 9.17) is 14.5 Å². The van der Waals surface area contributed by atoms with Gasteiger partial charge in [0.25, 0.3) is 0 Å². The smallest absolute Gasteiger partial charge is 0.196 e. The summed E-state index contributed by atoms with van der Waals surface area (Å²) < 4.78 is 7.55. The molecular formula is C32H37N5O2S. The molecule has 208 valence electrons. The Bertz CT molecular complexity index is 1670. The fraction of sp³-hybridized carbons (Fsp3) is 0.438. The second kappa shape index (κ2) is 10.1. The van der Waals surface area contributed by atoms with Gasteiger partial charge in [-0.25, -0.2) is 9.97 Å². The Balaban J connectivity index is 1.13. The number of aromatic nitrogens is 4. The van der Waals surface area contributed by atoms with Gasteiger partial charge in [0.2, 0.25) is 0 Å². The van der Waals surface area contributed by atoms with E-state index in [9.17, 15) is 4.79 Å². The first-order valence-corrected chi connectivity index (χ1v) is 15.0. The number of thiazole rings is 1. The zero-order valence-electron chi connectivity index (χ0n) is 24.0. The molecule has 4 aromatic heterocycles. The van der Waals surface area contributed by atoms with Crippen molar-refractivity contribution in [2.45, 2.75) is 71.6 Å². The molecule has 0 bridgehead atoms. The number of benzene rings is 1. The molecule has 1 aliphatic carbocycles. The fourth-order valence-corrected chi connectivity index (χ4v) is 6.52. The maximum Gasteiger partial charge on any atom is 0.196 e. The summed E-state index contributed by atoms with van der Waals surface area (Å²) >= 11 is 1.62. The largest absolute Gasteiger partial charge is 0.361 e. The van der Waals surface area contributed by atoms with Crippen molar-refractivity contribution in [2.75, 3.05) is 18.5 Å². The Morgan fingerprint density at radius 3 is 2.55 bits per heavy atom. The summed E-state index contributed by atoms with van der Waals surface area (Å²) in [6.45, 7) is 9.55. The standard InChI is InChI=1S/C32H37N5O2S/c1-6-13-32(14-15-32)20-36(5)28-12-11-26-29(34-28)40-30-33-25(19-37(26)30)22-9-7-21(8-10-22)16-24(38)17-23-18-27(39-35-23)31(2,3)4/h7-12,18-19H,6,13-17,20H2,1-5H3. The molecule has 5 aromatic rings. The molecule has 0 amide bonds. The first-order chi connectivity index (χ1) is 19.1. The van der Waals surface area contributed by atoms with E-state index in [1.165, 1.54) is 25.7 Å². The van der Waals surface area contributed by atoms with E-state index in [-0.39, 0.29) is 17.6 Å². The topological polar surface area (TPSA) is 76.5 Å². The van der Waals surface area contributed by atoms with E-state index in [2.05, 4.69) is 67.5 Å². The van der Waals surface area contributed by atoms with Crippen molar-refractivity contribution in [3.8, 4) is 11.3 Å². The predicted octanol–water partition coefficient (Wildman–Crippen LogP) is 7.27. The normalized spacial score (nSPS) is 14.7. The van der Waals surface area contributed by atoms with Gasteiger partial charge in [0, 0.05) is 43.3 Å². The van der Waals surface area contributed by atoms with E-state index in [0.717, 1.165) is 50.3 Å². The third kappa shape index (κ3) is 5.42. The van der Waals surface area contributed by atoms with E-state index in [1.807, 2.05) is 30.3 Å². The number of hydrogen-bond acceptors (Lipinski definition) is 7. The number of nitrogens with zero attached hydrogens (tertiary/aromatic N) is 5. The Morgan fingerprint density at radius 1 is 1.10 bits per heavy atom.